The van der Waals surface area contributed by atoms with E-state index in [-0.39, 0.29) is 5.41 Å². The molecule has 4 heteroatoms. The molecule has 13 rings (SSSR count). The fourth-order valence-electron chi connectivity index (χ4n) is 11.2. The lowest BCUT2D eigenvalue weighted by atomic mass is 9.68. The Hall–Kier alpha value is -8.21. The highest BCUT2D eigenvalue weighted by Gasteiger charge is 2.44. The zero-order valence-electron chi connectivity index (χ0n) is 37.1. The van der Waals surface area contributed by atoms with Gasteiger partial charge in [-0.05, 0) is 111 Å². The monoisotopic (exact) mass is 858 g/mol. The second kappa shape index (κ2) is 16.0. The summed E-state index contributed by atoms with van der Waals surface area (Å²) in [5, 5.41) is 2.55. The van der Waals surface area contributed by atoms with Gasteiger partial charge in [0.2, 0.25) is 0 Å². The number of hydrogen-bond donors (Lipinski definition) is 0. The lowest BCUT2D eigenvalue weighted by Crippen LogP contribution is -2.27. The van der Waals surface area contributed by atoms with E-state index in [9.17, 15) is 0 Å². The van der Waals surface area contributed by atoms with Gasteiger partial charge in [0.1, 0.15) is 0 Å². The molecule has 9 aromatic carbocycles. The Labute approximate surface area is 391 Å². The Kier molecular flexibility index (Phi) is 9.38. The number of fused-ring (bicyclic) bond motifs is 8. The largest absolute Gasteiger partial charge is 0.309 e. The fourth-order valence-corrected chi connectivity index (χ4v) is 11.2. The van der Waals surface area contributed by atoms with Gasteiger partial charge >= 0.3 is 0 Å². The fraction of sp³-hybridized carbons (Fsp3) is 0.0952. The highest BCUT2D eigenvalue weighted by atomic mass is 15.0. The molecule has 1 fully saturated rings. The van der Waals surface area contributed by atoms with Crippen LogP contribution >= 0.6 is 0 Å². The minimum absolute atomic E-state index is 0.0575. The van der Waals surface area contributed by atoms with Crippen LogP contribution in [-0.4, -0.2) is 19.5 Å². The number of benzene rings is 9. The first-order valence-electron chi connectivity index (χ1n) is 23.6. The summed E-state index contributed by atoms with van der Waals surface area (Å²) >= 11 is 0. The number of nitrogens with zero attached hydrogens (tertiary/aromatic N) is 4. The van der Waals surface area contributed by atoms with Crippen molar-refractivity contribution < 1.29 is 0 Å². The molecule has 2 aliphatic carbocycles. The van der Waals surface area contributed by atoms with Crippen LogP contribution in [0.25, 0.3) is 106 Å². The van der Waals surface area contributed by atoms with Crippen molar-refractivity contribution in [3.63, 3.8) is 0 Å². The van der Waals surface area contributed by atoms with E-state index in [1.807, 2.05) is 24.3 Å². The van der Waals surface area contributed by atoms with Gasteiger partial charge in [-0.1, -0.05) is 195 Å². The molecule has 318 valence electrons. The Bertz CT molecular complexity index is 3620. The van der Waals surface area contributed by atoms with Crippen LogP contribution in [0.15, 0.2) is 218 Å². The minimum Gasteiger partial charge on any atom is -0.309 e. The van der Waals surface area contributed by atoms with Crippen LogP contribution in [-0.2, 0) is 5.41 Å². The summed E-state index contributed by atoms with van der Waals surface area (Å²) in [5.41, 5.74) is 19.3. The summed E-state index contributed by atoms with van der Waals surface area (Å²) in [4.78, 5) is 15.3. The van der Waals surface area contributed by atoms with E-state index in [1.165, 1.54) is 92.9 Å². The quantitative estimate of drug-likeness (QED) is 0.160. The first-order valence-corrected chi connectivity index (χ1v) is 23.6. The van der Waals surface area contributed by atoms with Gasteiger partial charge in [-0.2, -0.15) is 0 Å². The second-order valence-electron chi connectivity index (χ2n) is 18.3. The zero-order chi connectivity index (χ0) is 44.3. The normalized spacial score (nSPS) is 13.8. The Morgan fingerprint density at radius 2 is 0.791 bits per heavy atom. The average molecular weight is 859 g/mol. The van der Waals surface area contributed by atoms with Crippen LogP contribution in [0, 0.1) is 0 Å². The van der Waals surface area contributed by atoms with Crippen LogP contribution in [0.2, 0.25) is 0 Å². The van der Waals surface area contributed by atoms with E-state index in [4.69, 9.17) is 15.0 Å². The first kappa shape index (κ1) is 39.2. The SMILES string of the molecule is c1ccc(-c2ccc(-c3nc(-c4ccccc4)nc(-c4cccc(-c5ccc6c(c5)c5cc7c(cc5n6-c5ccc(-c6ccccc6)cc5)-c5ccccc5C75CCCCC5)c4)n3)cc2)cc1. The molecular formula is C63H46N4. The molecule has 2 heterocycles. The van der Waals surface area contributed by atoms with Crippen molar-refractivity contribution in [3.05, 3.63) is 230 Å². The third kappa shape index (κ3) is 6.70. The molecule has 0 radical (unpaired) electrons. The predicted molar refractivity (Wildman–Crippen MR) is 276 cm³/mol. The van der Waals surface area contributed by atoms with Crippen LogP contribution in [0.4, 0.5) is 0 Å². The van der Waals surface area contributed by atoms with Crippen LogP contribution < -0.4 is 0 Å². The molecule has 0 bridgehead atoms. The van der Waals surface area contributed by atoms with E-state index in [0.717, 1.165) is 39.1 Å². The molecule has 0 atom stereocenters. The van der Waals surface area contributed by atoms with Gasteiger partial charge < -0.3 is 4.57 Å². The van der Waals surface area contributed by atoms with Gasteiger partial charge in [-0.25, -0.2) is 15.0 Å². The predicted octanol–water partition coefficient (Wildman–Crippen LogP) is 16.2. The molecule has 4 nitrogen and oxygen atoms in total. The molecule has 2 aromatic heterocycles. The molecule has 0 saturated heterocycles. The third-order valence-electron chi connectivity index (χ3n) is 14.5. The minimum atomic E-state index is 0.0575. The summed E-state index contributed by atoms with van der Waals surface area (Å²) in [7, 11) is 0. The van der Waals surface area contributed by atoms with E-state index >= 15 is 0 Å². The van der Waals surface area contributed by atoms with E-state index in [1.54, 1.807) is 0 Å². The Morgan fingerprint density at radius 3 is 1.46 bits per heavy atom. The molecule has 67 heavy (non-hydrogen) atoms. The highest BCUT2D eigenvalue weighted by molar-refractivity contribution is 6.12. The van der Waals surface area contributed by atoms with Crippen molar-refractivity contribution >= 4 is 21.8 Å². The maximum Gasteiger partial charge on any atom is 0.164 e. The van der Waals surface area contributed by atoms with E-state index in [2.05, 4.69) is 199 Å². The molecule has 1 saturated carbocycles. The molecule has 2 aliphatic rings. The summed E-state index contributed by atoms with van der Waals surface area (Å²) in [6.07, 6.45) is 6.23. The lowest BCUT2D eigenvalue weighted by Gasteiger charge is -2.36. The van der Waals surface area contributed by atoms with Crippen LogP contribution in [0.3, 0.4) is 0 Å². The van der Waals surface area contributed by atoms with Crippen molar-refractivity contribution in [2.24, 2.45) is 0 Å². The van der Waals surface area contributed by atoms with Crippen molar-refractivity contribution in [1.82, 2.24) is 19.5 Å². The lowest BCUT2D eigenvalue weighted by molar-refractivity contribution is 0.353. The van der Waals surface area contributed by atoms with Gasteiger partial charge in [0.15, 0.2) is 17.5 Å². The summed E-state index contributed by atoms with van der Waals surface area (Å²) in [6, 6.07) is 78.9. The topological polar surface area (TPSA) is 43.6 Å². The standard InChI is InChI=1S/C63H46N4/c1-5-16-42(17-6-1)44-26-28-47(29-27-44)61-64-60(46-20-9-3-10-21-46)65-62(66-61)50-23-15-22-48(38-50)49-32-35-58-54(39-49)55-40-57-53(52-24-11-12-25-56(52)63(57)36-13-4-14-37-63)41-59(55)67(58)51-33-30-45(31-34-51)43-18-7-2-8-19-43/h1-3,5-12,15-35,38-41H,4,13-14,36-37H2. The Morgan fingerprint density at radius 1 is 0.313 bits per heavy atom. The number of rotatable bonds is 7. The molecule has 0 amide bonds. The third-order valence-corrected chi connectivity index (χ3v) is 14.5. The van der Waals surface area contributed by atoms with Crippen molar-refractivity contribution in [1.29, 1.82) is 0 Å². The van der Waals surface area contributed by atoms with Crippen LogP contribution in [0.5, 0.6) is 0 Å². The van der Waals surface area contributed by atoms with Gasteiger partial charge in [0, 0.05) is 38.6 Å². The maximum absolute atomic E-state index is 5.16. The average Bonchev–Trinajstić information content (AvgIpc) is 3.87. The Balaban J connectivity index is 0.955. The van der Waals surface area contributed by atoms with Crippen LogP contribution in [0.1, 0.15) is 43.2 Å². The molecular weight excluding hydrogens is 813 g/mol. The summed E-state index contributed by atoms with van der Waals surface area (Å²) in [5.74, 6) is 1.93. The first-order chi connectivity index (χ1) is 33.2. The molecule has 0 aliphatic heterocycles. The van der Waals surface area contributed by atoms with Gasteiger partial charge in [0.05, 0.1) is 11.0 Å². The molecule has 0 unspecified atom stereocenters. The highest BCUT2D eigenvalue weighted by Crippen LogP contribution is 2.57. The number of hydrogen-bond acceptors (Lipinski definition) is 3. The van der Waals surface area contributed by atoms with Crippen molar-refractivity contribution in [3.8, 4) is 84.4 Å². The zero-order valence-corrected chi connectivity index (χ0v) is 37.1. The molecule has 11 aromatic rings. The molecule has 0 N–H and O–H groups in total. The second-order valence-corrected chi connectivity index (χ2v) is 18.3. The van der Waals surface area contributed by atoms with Crippen molar-refractivity contribution in [2.75, 3.05) is 0 Å². The van der Waals surface area contributed by atoms with E-state index in [0.29, 0.717) is 17.5 Å². The van der Waals surface area contributed by atoms with E-state index < -0.39 is 0 Å². The van der Waals surface area contributed by atoms with Gasteiger partial charge in [-0.15, -0.1) is 0 Å². The smallest absolute Gasteiger partial charge is 0.164 e. The van der Waals surface area contributed by atoms with Gasteiger partial charge in [0.25, 0.3) is 0 Å². The number of aromatic nitrogens is 4. The molecule has 1 spiro atoms. The summed E-state index contributed by atoms with van der Waals surface area (Å²) in [6.45, 7) is 0. The maximum atomic E-state index is 5.16. The summed E-state index contributed by atoms with van der Waals surface area (Å²) < 4.78 is 2.48. The van der Waals surface area contributed by atoms with Gasteiger partial charge in [-0.3, -0.25) is 0 Å². The van der Waals surface area contributed by atoms with Crippen molar-refractivity contribution in [2.45, 2.75) is 37.5 Å².